The summed E-state index contributed by atoms with van der Waals surface area (Å²) in [6, 6.07) is 13.8. The summed E-state index contributed by atoms with van der Waals surface area (Å²) in [7, 11) is 0. The van der Waals surface area contributed by atoms with Crippen molar-refractivity contribution in [2.45, 2.75) is 47.3 Å². The molecule has 0 atom stereocenters. The Kier molecular flexibility index (Phi) is 6.97. The molecule has 190 valence electrons. The van der Waals surface area contributed by atoms with Gasteiger partial charge in [0.25, 0.3) is 5.91 Å². The second-order valence-corrected chi connectivity index (χ2v) is 10.2. The zero-order valence-electron chi connectivity index (χ0n) is 21.2. The Morgan fingerprint density at radius 1 is 1.05 bits per heavy atom. The summed E-state index contributed by atoms with van der Waals surface area (Å²) >= 11 is 13.6. The van der Waals surface area contributed by atoms with Gasteiger partial charge < -0.3 is 14.2 Å². The second kappa shape index (κ2) is 10.2. The van der Waals surface area contributed by atoms with Gasteiger partial charge in [-0.2, -0.15) is 0 Å². The summed E-state index contributed by atoms with van der Waals surface area (Å²) in [5, 5.41) is 4.92. The van der Waals surface area contributed by atoms with E-state index < -0.39 is 0 Å². The number of rotatable bonds is 6. The lowest BCUT2D eigenvalue weighted by Gasteiger charge is -2.31. The first-order valence-electron chi connectivity index (χ1n) is 12.1. The number of hydrogen-bond acceptors (Lipinski definition) is 5. The molecule has 6 nitrogen and oxygen atoms in total. The first-order valence-corrected chi connectivity index (χ1v) is 12.9. The normalized spacial score (nSPS) is 13.1. The van der Waals surface area contributed by atoms with E-state index in [9.17, 15) is 4.79 Å². The van der Waals surface area contributed by atoms with Crippen molar-refractivity contribution in [3.05, 3.63) is 97.5 Å². The van der Waals surface area contributed by atoms with E-state index >= 15 is 0 Å². The highest BCUT2D eigenvalue weighted by atomic mass is 35.5. The fourth-order valence-corrected chi connectivity index (χ4v) is 5.54. The van der Waals surface area contributed by atoms with Crippen LogP contribution in [0.5, 0.6) is 5.88 Å². The Labute approximate surface area is 226 Å². The van der Waals surface area contributed by atoms with Crippen LogP contribution in [0.3, 0.4) is 0 Å². The number of fused-ring (bicyclic) bond motifs is 1. The Morgan fingerprint density at radius 2 is 1.81 bits per heavy atom. The highest BCUT2D eigenvalue weighted by Gasteiger charge is 2.32. The number of ether oxygens (including phenoxy) is 1. The van der Waals surface area contributed by atoms with Crippen LogP contribution in [0.4, 0.5) is 0 Å². The van der Waals surface area contributed by atoms with Crippen molar-refractivity contribution in [1.29, 1.82) is 0 Å². The average Bonchev–Trinajstić information content (AvgIpc) is 3.20. The molecule has 1 aliphatic heterocycles. The number of amides is 1. The van der Waals surface area contributed by atoms with Gasteiger partial charge in [0.1, 0.15) is 12.4 Å². The van der Waals surface area contributed by atoms with Crippen LogP contribution in [-0.2, 0) is 19.6 Å². The maximum atomic E-state index is 13.8. The Balaban J connectivity index is 1.48. The van der Waals surface area contributed by atoms with Gasteiger partial charge in [-0.25, -0.2) is 4.98 Å². The van der Waals surface area contributed by atoms with E-state index in [1.807, 2.05) is 70.2 Å². The third-order valence-corrected chi connectivity index (χ3v) is 7.49. The van der Waals surface area contributed by atoms with Crippen molar-refractivity contribution in [1.82, 2.24) is 15.0 Å². The minimum absolute atomic E-state index is 0.171. The quantitative estimate of drug-likeness (QED) is 0.264. The Morgan fingerprint density at radius 3 is 2.51 bits per heavy atom. The molecular formula is C29H27Cl2N3O3. The molecular weight excluding hydrogens is 509 g/mol. The first kappa shape index (κ1) is 25.3. The molecule has 0 N–H and O–H groups in total. The average molecular weight is 536 g/mol. The number of carbonyl (C=O) groups excluding carboxylic acids is 1. The van der Waals surface area contributed by atoms with Crippen molar-refractivity contribution < 1.29 is 14.1 Å². The number of aryl methyl sites for hydroxylation is 4. The number of hydrogen-bond donors (Lipinski definition) is 0. The Hall–Kier alpha value is -3.35. The van der Waals surface area contributed by atoms with Gasteiger partial charge in [0.05, 0.1) is 22.8 Å². The van der Waals surface area contributed by atoms with E-state index in [1.165, 1.54) is 0 Å². The standard InChI is InChI=1S/C29H27Cl2N3O3/c1-16-12-17(2)32-28(36-15-20-8-6-5-7-9-20)23(16)14-34-11-10-21-24(30)13-22(27(31)26(21)29(34)35)25-18(3)33-37-19(25)4/h5-9,12-13H,10-11,14-15H2,1-4H3. The fourth-order valence-electron chi connectivity index (χ4n) is 4.90. The minimum Gasteiger partial charge on any atom is -0.473 e. The van der Waals surface area contributed by atoms with Crippen molar-refractivity contribution in [3.8, 4) is 17.0 Å². The third-order valence-electron chi connectivity index (χ3n) is 6.76. The molecule has 0 aliphatic carbocycles. The highest BCUT2D eigenvalue weighted by molar-refractivity contribution is 6.39. The lowest BCUT2D eigenvalue weighted by Crippen LogP contribution is -2.38. The van der Waals surface area contributed by atoms with Gasteiger partial charge in [0.15, 0.2) is 0 Å². The van der Waals surface area contributed by atoms with Crippen LogP contribution >= 0.6 is 23.2 Å². The lowest BCUT2D eigenvalue weighted by atomic mass is 9.92. The van der Waals surface area contributed by atoms with E-state index in [-0.39, 0.29) is 5.91 Å². The molecule has 5 rings (SSSR count). The van der Waals surface area contributed by atoms with Crippen LogP contribution in [-0.4, -0.2) is 27.5 Å². The number of halogens is 2. The minimum atomic E-state index is -0.171. The van der Waals surface area contributed by atoms with E-state index in [0.29, 0.717) is 64.6 Å². The maximum absolute atomic E-state index is 13.8. The van der Waals surface area contributed by atoms with Crippen LogP contribution in [0.15, 0.2) is 47.0 Å². The topological polar surface area (TPSA) is 68.5 Å². The van der Waals surface area contributed by atoms with Gasteiger partial charge in [0, 0.05) is 34.0 Å². The molecule has 1 amide bonds. The zero-order chi connectivity index (χ0) is 26.3. The summed E-state index contributed by atoms with van der Waals surface area (Å²) in [6.07, 6.45) is 0.597. The molecule has 0 saturated carbocycles. The maximum Gasteiger partial charge on any atom is 0.256 e. The third kappa shape index (κ3) is 4.83. The van der Waals surface area contributed by atoms with E-state index in [1.54, 1.807) is 4.90 Å². The van der Waals surface area contributed by atoms with Crippen molar-refractivity contribution >= 4 is 29.1 Å². The fraction of sp³-hybridized carbons (Fsp3) is 0.276. The van der Waals surface area contributed by atoms with Crippen LogP contribution in [0.25, 0.3) is 11.1 Å². The Bertz CT molecular complexity index is 1480. The summed E-state index contributed by atoms with van der Waals surface area (Å²) in [5.74, 6) is 0.987. The number of carbonyl (C=O) groups is 1. The summed E-state index contributed by atoms with van der Waals surface area (Å²) in [4.78, 5) is 20.3. The molecule has 0 radical (unpaired) electrons. The number of pyridine rings is 1. The molecule has 1 aliphatic rings. The van der Waals surface area contributed by atoms with Crippen LogP contribution in [0.1, 0.15) is 49.8 Å². The number of aromatic nitrogens is 2. The molecule has 0 bridgehead atoms. The van der Waals surface area contributed by atoms with E-state index in [0.717, 1.165) is 33.5 Å². The van der Waals surface area contributed by atoms with Crippen molar-refractivity contribution in [2.75, 3.05) is 6.54 Å². The monoisotopic (exact) mass is 535 g/mol. The second-order valence-electron chi connectivity index (χ2n) is 9.39. The van der Waals surface area contributed by atoms with Gasteiger partial charge in [0.2, 0.25) is 5.88 Å². The molecule has 0 unspecified atom stereocenters. The van der Waals surface area contributed by atoms with Crippen LogP contribution in [0, 0.1) is 27.7 Å². The predicted octanol–water partition coefficient (Wildman–Crippen LogP) is 7.05. The van der Waals surface area contributed by atoms with Gasteiger partial charge in [-0.1, -0.05) is 58.7 Å². The highest BCUT2D eigenvalue weighted by Crippen LogP contribution is 2.42. The first-order chi connectivity index (χ1) is 17.7. The largest absolute Gasteiger partial charge is 0.473 e. The molecule has 0 spiro atoms. The molecule has 0 saturated heterocycles. The zero-order valence-corrected chi connectivity index (χ0v) is 22.7. The summed E-state index contributed by atoms with van der Waals surface area (Å²) in [6.45, 7) is 8.87. The van der Waals surface area contributed by atoms with Crippen molar-refractivity contribution in [2.24, 2.45) is 0 Å². The molecule has 0 fully saturated rings. The van der Waals surface area contributed by atoms with Gasteiger partial charge >= 0.3 is 0 Å². The lowest BCUT2D eigenvalue weighted by molar-refractivity contribution is 0.0725. The van der Waals surface area contributed by atoms with Gasteiger partial charge in [-0.3, -0.25) is 4.79 Å². The molecule has 8 heteroatoms. The van der Waals surface area contributed by atoms with Crippen LogP contribution < -0.4 is 4.74 Å². The van der Waals surface area contributed by atoms with Gasteiger partial charge in [-0.05, 0) is 62.9 Å². The molecule has 37 heavy (non-hydrogen) atoms. The molecule has 4 aromatic rings. The smallest absolute Gasteiger partial charge is 0.256 e. The van der Waals surface area contributed by atoms with Crippen molar-refractivity contribution in [3.63, 3.8) is 0 Å². The number of benzene rings is 2. The molecule has 2 aromatic carbocycles. The predicted molar refractivity (Wildman–Crippen MR) is 144 cm³/mol. The van der Waals surface area contributed by atoms with Gasteiger partial charge in [-0.15, -0.1) is 0 Å². The molecule has 3 heterocycles. The van der Waals surface area contributed by atoms with Crippen LogP contribution in [0.2, 0.25) is 10.0 Å². The van der Waals surface area contributed by atoms with E-state index in [2.05, 4.69) is 10.1 Å². The molecule has 2 aromatic heterocycles. The summed E-state index contributed by atoms with van der Waals surface area (Å²) < 4.78 is 11.5. The SMILES string of the molecule is Cc1cc(C)c(CN2CCc3c(Cl)cc(-c4c(C)noc4C)c(Cl)c3C2=O)c(OCc2ccccc2)n1. The number of nitrogens with zero attached hydrogens (tertiary/aromatic N) is 3. The summed E-state index contributed by atoms with van der Waals surface area (Å²) in [5.41, 5.74) is 7.10. The van der Waals surface area contributed by atoms with E-state index in [4.69, 9.17) is 32.5 Å².